The average molecular weight is 210 g/mol. The molecule has 1 fully saturated rings. The zero-order valence-electron chi connectivity index (χ0n) is 8.03. The van der Waals surface area contributed by atoms with E-state index in [1.54, 1.807) is 6.92 Å². The van der Waals surface area contributed by atoms with Crippen molar-refractivity contribution in [3.63, 3.8) is 0 Å². The highest BCUT2D eigenvalue weighted by Gasteiger charge is 2.50. The van der Waals surface area contributed by atoms with E-state index < -0.39 is 17.5 Å². The Morgan fingerprint density at radius 2 is 2.33 bits per heavy atom. The number of imide groups is 1. The minimum atomic E-state index is -1.32. The first-order valence-corrected chi connectivity index (χ1v) is 4.34. The lowest BCUT2D eigenvalue weighted by molar-refractivity contribution is -0.124. The lowest BCUT2D eigenvalue weighted by atomic mass is 9.95. The summed E-state index contributed by atoms with van der Waals surface area (Å²) in [7, 11) is 0. The predicted octanol–water partition coefficient (Wildman–Crippen LogP) is -1.02. The minimum Gasteiger partial charge on any atom is -0.445 e. The van der Waals surface area contributed by atoms with E-state index in [0.717, 1.165) is 0 Å². The number of amides is 3. The van der Waals surface area contributed by atoms with Crippen molar-refractivity contribution in [2.45, 2.75) is 12.5 Å². The molecule has 1 saturated heterocycles. The summed E-state index contributed by atoms with van der Waals surface area (Å²) in [6, 6.07) is -0.582. The van der Waals surface area contributed by atoms with Gasteiger partial charge in [0.25, 0.3) is 5.91 Å². The standard InChI is InChI=1S/C8H10N4O3/c1-4-5(15-3-10-4)8(2-9)6(13)11-7(14)12-8/h3H,2,9H2,1H3,(H2,11,12,13,14)/t8-/m1/s1. The van der Waals surface area contributed by atoms with E-state index >= 15 is 0 Å². The number of hydrogen-bond acceptors (Lipinski definition) is 5. The molecule has 2 heterocycles. The Morgan fingerprint density at radius 3 is 2.73 bits per heavy atom. The lowest BCUT2D eigenvalue weighted by Gasteiger charge is -2.21. The van der Waals surface area contributed by atoms with Crippen LogP contribution in [0.1, 0.15) is 11.5 Å². The van der Waals surface area contributed by atoms with Gasteiger partial charge in [-0.1, -0.05) is 0 Å². The molecule has 15 heavy (non-hydrogen) atoms. The van der Waals surface area contributed by atoms with Crippen molar-refractivity contribution < 1.29 is 14.0 Å². The molecule has 3 amide bonds. The average Bonchev–Trinajstić information content (AvgIpc) is 2.71. The number of hydrogen-bond donors (Lipinski definition) is 3. The van der Waals surface area contributed by atoms with E-state index in [2.05, 4.69) is 15.6 Å². The number of rotatable bonds is 2. The Bertz CT molecular complexity index is 427. The molecule has 0 spiro atoms. The van der Waals surface area contributed by atoms with Crippen molar-refractivity contribution in [1.29, 1.82) is 0 Å². The molecule has 0 aromatic carbocycles. The fourth-order valence-corrected chi connectivity index (χ4v) is 1.60. The largest absolute Gasteiger partial charge is 0.445 e. The van der Waals surface area contributed by atoms with Crippen molar-refractivity contribution in [2.24, 2.45) is 5.73 Å². The van der Waals surface area contributed by atoms with Crippen LogP contribution in [0.4, 0.5) is 4.79 Å². The summed E-state index contributed by atoms with van der Waals surface area (Å²) < 4.78 is 5.09. The highest BCUT2D eigenvalue weighted by molar-refractivity contribution is 6.07. The number of carbonyl (C=O) groups excluding carboxylic acids is 2. The molecule has 1 aromatic rings. The smallest absolute Gasteiger partial charge is 0.322 e. The summed E-state index contributed by atoms with van der Waals surface area (Å²) >= 11 is 0. The number of urea groups is 1. The Labute approximate surface area is 85.0 Å². The van der Waals surface area contributed by atoms with E-state index in [9.17, 15) is 9.59 Å². The molecule has 1 aromatic heterocycles. The minimum absolute atomic E-state index is 0.0827. The van der Waals surface area contributed by atoms with E-state index in [0.29, 0.717) is 5.69 Å². The summed E-state index contributed by atoms with van der Waals surface area (Å²) in [5, 5.41) is 4.57. The van der Waals surface area contributed by atoms with Crippen LogP contribution >= 0.6 is 0 Å². The molecule has 4 N–H and O–H groups in total. The molecule has 1 aliphatic heterocycles. The van der Waals surface area contributed by atoms with Crippen molar-refractivity contribution >= 4 is 11.9 Å². The van der Waals surface area contributed by atoms with Gasteiger partial charge in [0.2, 0.25) is 0 Å². The zero-order chi connectivity index (χ0) is 11.1. The SMILES string of the molecule is Cc1ncoc1[C@@]1(CN)NC(=O)NC1=O. The van der Waals surface area contributed by atoms with Crippen molar-refractivity contribution in [1.82, 2.24) is 15.6 Å². The van der Waals surface area contributed by atoms with Crippen LogP contribution in [0.15, 0.2) is 10.8 Å². The van der Waals surface area contributed by atoms with Gasteiger partial charge in [0, 0.05) is 6.54 Å². The second kappa shape index (κ2) is 3.06. The summed E-state index contributed by atoms with van der Waals surface area (Å²) in [6.45, 7) is 1.59. The predicted molar refractivity (Wildman–Crippen MR) is 48.6 cm³/mol. The van der Waals surface area contributed by atoms with Gasteiger partial charge in [-0.15, -0.1) is 0 Å². The van der Waals surface area contributed by atoms with E-state index in [1.165, 1.54) is 6.39 Å². The van der Waals surface area contributed by atoms with Gasteiger partial charge in [-0.3, -0.25) is 10.1 Å². The Kier molecular flexibility index (Phi) is 1.97. The maximum Gasteiger partial charge on any atom is 0.322 e. The molecule has 1 aliphatic rings. The van der Waals surface area contributed by atoms with E-state index in [1.807, 2.05) is 0 Å². The van der Waals surface area contributed by atoms with Gasteiger partial charge in [0.1, 0.15) is 0 Å². The second-order valence-electron chi connectivity index (χ2n) is 3.28. The topological polar surface area (TPSA) is 110 Å². The van der Waals surface area contributed by atoms with E-state index in [4.69, 9.17) is 10.2 Å². The number of oxazole rings is 1. The summed E-state index contributed by atoms with van der Waals surface area (Å²) in [5.41, 5.74) is 4.72. The number of aryl methyl sites for hydroxylation is 1. The Balaban J connectivity index is 2.51. The number of aromatic nitrogens is 1. The molecule has 7 nitrogen and oxygen atoms in total. The van der Waals surface area contributed by atoms with Gasteiger partial charge in [-0.2, -0.15) is 0 Å². The van der Waals surface area contributed by atoms with Gasteiger partial charge >= 0.3 is 6.03 Å². The molecule has 0 radical (unpaired) electrons. The third kappa shape index (κ3) is 1.20. The first-order chi connectivity index (χ1) is 7.10. The number of nitrogens with zero attached hydrogens (tertiary/aromatic N) is 1. The van der Waals surface area contributed by atoms with Gasteiger partial charge in [0.05, 0.1) is 5.69 Å². The van der Waals surface area contributed by atoms with Crippen LogP contribution in [0.2, 0.25) is 0 Å². The lowest BCUT2D eigenvalue weighted by Crippen LogP contribution is -2.50. The third-order valence-corrected chi connectivity index (χ3v) is 2.38. The fourth-order valence-electron chi connectivity index (χ4n) is 1.60. The number of nitrogens with one attached hydrogen (secondary N) is 2. The summed E-state index contributed by atoms with van der Waals surface area (Å²) in [4.78, 5) is 26.6. The molecular weight excluding hydrogens is 200 g/mol. The summed E-state index contributed by atoms with van der Waals surface area (Å²) in [5.74, 6) is -0.247. The molecule has 80 valence electrons. The van der Waals surface area contributed by atoms with Crippen molar-refractivity contribution in [3.05, 3.63) is 17.8 Å². The van der Waals surface area contributed by atoms with Gasteiger partial charge in [-0.25, -0.2) is 9.78 Å². The van der Waals surface area contributed by atoms with Crippen LogP contribution < -0.4 is 16.4 Å². The highest BCUT2D eigenvalue weighted by atomic mass is 16.3. The molecule has 0 aliphatic carbocycles. The van der Waals surface area contributed by atoms with Gasteiger partial charge in [-0.05, 0) is 6.92 Å². The van der Waals surface area contributed by atoms with Crippen LogP contribution in [0.3, 0.4) is 0 Å². The Morgan fingerprint density at radius 1 is 1.60 bits per heavy atom. The highest BCUT2D eigenvalue weighted by Crippen LogP contribution is 2.25. The van der Waals surface area contributed by atoms with Crippen molar-refractivity contribution in [3.8, 4) is 0 Å². The van der Waals surface area contributed by atoms with E-state index in [-0.39, 0.29) is 12.3 Å². The molecule has 0 saturated carbocycles. The maximum atomic E-state index is 11.6. The first-order valence-electron chi connectivity index (χ1n) is 4.34. The Hall–Kier alpha value is -1.89. The van der Waals surface area contributed by atoms with Crippen LogP contribution in [0.25, 0.3) is 0 Å². The molecular formula is C8H10N4O3. The van der Waals surface area contributed by atoms with Crippen LogP contribution in [-0.2, 0) is 10.3 Å². The first kappa shape index (κ1) is 9.66. The molecule has 0 unspecified atom stereocenters. The van der Waals surface area contributed by atoms with Gasteiger partial charge in [0.15, 0.2) is 17.7 Å². The van der Waals surface area contributed by atoms with Crippen LogP contribution in [-0.4, -0.2) is 23.5 Å². The van der Waals surface area contributed by atoms with Crippen LogP contribution in [0.5, 0.6) is 0 Å². The summed E-state index contributed by atoms with van der Waals surface area (Å²) in [6.07, 6.45) is 1.21. The molecule has 2 rings (SSSR count). The quantitative estimate of drug-likeness (QED) is 0.541. The molecule has 7 heteroatoms. The molecule has 1 atom stereocenters. The third-order valence-electron chi connectivity index (χ3n) is 2.38. The maximum absolute atomic E-state index is 11.6. The van der Waals surface area contributed by atoms with Crippen molar-refractivity contribution in [2.75, 3.05) is 6.54 Å². The normalized spacial score (nSPS) is 25.2. The number of carbonyl (C=O) groups is 2. The number of nitrogens with two attached hydrogens (primary N) is 1. The second-order valence-corrected chi connectivity index (χ2v) is 3.28. The monoisotopic (exact) mass is 210 g/mol. The zero-order valence-corrected chi connectivity index (χ0v) is 8.03. The fraction of sp³-hybridized carbons (Fsp3) is 0.375. The van der Waals surface area contributed by atoms with Gasteiger partial charge < -0.3 is 15.5 Å². The molecule has 0 bridgehead atoms. The van der Waals surface area contributed by atoms with Crippen LogP contribution in [0, 0.1) is 6.92 Å².